The van der Waals surface area contributed by atoms with Crippen LogP contribution >= 0.6 is 11.6 Å². The smallest absolute Gasteiger partial charge is 0.274 e. The molecule has 0 fully saturated rings. The number of amides is 1. The van der Waals surface area contributed by atoms with Crippen LogP contribution in [0.3, 0.4) is 0 Å². The second-order valence-corrected chi connectivity index (χ2v) is 5.63. The summed E-state index contributed by atoms with van der Waals surface area (Å²) in [6, 6.07) is 15.0. The topological polar surface area (TPSA) is 46.1 Å². The predicted octanol–water partition coefficient (Wildman–Crippen LogP) is 3.95. The fourth-order valence-corrected chi connectivity index (χ4v) is 2.62. The molecule has 3 aromatic rings. The Morgan fingerprint density at radius 1 is 1.13 bits per heavy atom. The Morgan fingerprint density at radius 2 is 1.91 bits per heavy atom. The van der Waals surface area contributed by atoms with E-state index >= 15 is 0 Å². The summed E-state index contributed by atoms with van der Waals surface area (Å²) in [6.07, 6.45) is 1.53. The summed E-state index contributed by atoms with van der Waals surface area (Å²) >= 11 is 6.01. The van der Waals surface area contributed by atoms with Crippen molar-refractivity contribution in [3.05, 3.63) is 71.0 Å². The molecule has 0 saturated carbocycles. The molecule has 5 heteroatoms. The number of fused-ring (bicyclic) bond motifs is 1. The maximum atomic E-state index is 12.7. The van der Waals surface area contributed by atoms with Crippen LogP contribution in [0.1, 0.15) is 23.0 Å². The molecule has 3 rings (SSSR count). The van der Waals surface area contributed by atoms with Gasteiger partial charge in [-0.15, -0.1) is 0 Å². The normalized spacial score (nSPS) is 10.7. The van der Waals surface area contributed by atoms with Crippen LogP contribution in [0, 0.1) is 0 Å². The molecule has 116 valence electrons. The number of hydrogen-bond donors (Lipinski definition) is 0. The van der Waals surface area contributed by atoms with Crippen molar-refractivity contribution in [3.63, 3.8) is 0 Å². The number of benzene rings is 2. The van der Waals surface area contributed by atoms with Crippen LogP contribution < -0.4 is 0 Å². The highest BCUT2D eigenvalue weighted by molar-refractivity contribution is 6.30. The molecular weight excluding hydrogens is 310 g/mol. The van der Waals surface area contributed by atoms with Crippen molar-refractivity contribution in [1.82, 2.24) is 14.9 Å². The van der Waals surface area contributed by atoms with E-state index in [4.69, 9.17) is 11.6 Å². The minimum absolute atomic E-state index is 0.134. The van der Waals surface area contributed by atoms with Crippen LogP contribution in [0.5, 0.6) is 0 Å². The molecule has 1 heterocycles. The summed E-state index contributed by atoms with van der Waals surface area (Å²) in [5.41, 5.74) is 2.84. The zero-order chi connectivity index (χ0) is 16.2. The van der Waals surface area contributed by atoms with Gasteiger partial charge in [-0.1, -0.05) is 35.9 Å². The first kappa shape index (κ1) is 15.4. The third-order valence-electron chi connectivity index (χ3n) is 3.60. The average Bonchev–Trinajstić information content (AvgIpc) is 2.58. The van der Waals surface area contributed by atoms with Crippen molar-refractivity contribution in [3.8, 4) is 0 Å². The van der Waals surface area contributed by atoms with Crippen LogP contribution in [-0.4, -0.2) is 27.3 Å². The Balaban J connectivity index is 1.86. The Kier molecular flexibility index (Phi) is 4.53. The highest BCUT2D eigenvalue weighted by Gasteiger charge is 2.17. The van der Waals surface area contributed by atoms with E-state index in [0.717, 1.165) is 16.6 Å². The maximum absolute atomic E-state index is 12.7. The molecule has 0 saturated heterocycles. The molecular formula is C18H16ClN3O. The van der Waals surface area contributed by atoms with Gasteiger partial charge < -0.3 is 4.90 Å². The van der Waals surface area contributed by atoms with Gasteiger partial charge in [0, 0.05) is 18.1 Å². The summed E-state index contributed by atoms with van der Waals surface area (Å²) in [5, 5.41) is 0.663. The molecule has 4 nitrogen and oxygen atoms in total. The number of para-hydroxylation sites is 2. The second-order valence-electron chi connectivity index (χ2n) is 5.19. The van der Waals surface area contributed by atoms with Crippen LogP contribution in [0.25, 0.3) is 11.0 Å². The van der Waals surface area contributed by atoms with Gasteiger partial charge in [-0.05, 0) is 36.8 Å². The lowest BCUT2D eigenvalue weighted by molar-refractivity contribution is 0.0746. The molecule has 1 amide bonds. The highest BCUT2D eigenvalue weighted by Crippen LogP contribution is 2.15. The van der Waals surface area contributed by atoms with Crippen LogP contribution in [-0.2, 0) is 6.54 Å². The van der Waals surface area contributed by atoms with Crippen molar-refractivity contribution >= 4 is 28.5 Å². The predicted molar refractivity (Wildman–Crippen MR) is 91.4 cm³/mol. The number of carbonyl (C=O) groups is 1. The largest absolute Gasteiger partial charge is 0.333 e. The third kappa shape index (κ3) is 3.48. The summed E-state index contributed by atoms with van der Waals surface area (Å²) in [7, 11) is 0. The van der Waals surface area contributed by atoms with Gasteiger partial charge >= 0.3 is 0 Å². The Bertz CT molecular complexity index is 850. The van der Waals surface area contributed by atoms with Crippen molar-refractivity contribution in [1.29, 1.82) is 0 Å². The zero-order valence-corrected chi connectivity index (χ0v) is 13.5. The van der Waals surface area contributed by atoms with Gasteiger partial charge in [-0.25, -0.2) is 4.98 Å². The Morgan fingerprint density at radius 3 is 2.65 bits per heavy atom. The van der Waals surface area contributed by atoms with Gasteiger partial charge in [0.2, 0.25) is 0 Å². The summed E-state index contributed by atoms with van der Waals surface area (Å²) in [5.74, 6) is -0.134. The number of rotatable bonds is 4. The van der Waals surface area contributed by atoms with E-state index in [9.17, 15) is 4.79 Å². The molecule has 1 aromatic heterocycles. The van der Waals surface area contributed by atoms with Gasteiger partial charge in [0.15, 0.2) is 0 Å². The van der Waals surface area contributed by atoms with Gasteiger partial charge in [-0.2, -0.15) is 0 Å². The quantitative estimate of drug-likeness (QED) is 0.729. The van der Waals surface area contributed by atoms with E-state index in [0.29, 0.717) is 23.8 Å². The van der Waals surface area contributed by atoms with E-state index in [2.05, 4.69) is 9.97 Å². The monoisotopic (exact) mass is 325 g/mol. The van der Waals surface area contributed by atoms with E-state index < -0.39 is 0 Å². The molecule has 0 spiro atoms. The van der Waals surface area contributed by atoms with Gasteiger partial charge in [0.05, 0.1) is 17.2 Å². The van der Waals surface area contributed by atoms with Gasteiger partial charge in [0.1, 0.15) is 5.69 Å². The number of aromatic nitrogens is 2. The standard InChI is InChI=1S/C18H16ClN3O/c1-2-22(12-13-6-5-7-14(19)10-13)18(23)17-11-20-15-8-3-4-9-16(15)21-17/h3-11H,2,12H2,1H3. The van der Waals surface area contributed by atoms with Gasteiger partial charge in [0.25, 0.3) is 5.91 Å². The van der Waals surface area contributed by atoms with Crippen molar-refractivity contribution in [2.45, 2.75) is 13.5 Å². The third-order valence-corrected chi connectivity index (χ3v) is 3.83. The minimum atomic E-state index is -0.134. The lowest BCUT2D eigenvalue weighted by Crippen LogP contribution is -2.31. The zero-order valence-electron chi connectivity index (χ0n) is 12.7. The average molecular weight is 326 g/mol. The summed E-state index contributed by atoms with van der Waals surface area (Å²) < 4.78 is 0. The molecule has 0 unspecified atom stereocenters. The number of carbonyl (C=O) groups excluding carboxylic acids is 1. The van der Waals surface area contributed by atoms with E-state index in [1.807, 2.05) is 55.5 Å². The minimum Gasteiger partial charge on any atom is -0.333 e. The number of nitrogens with zero attached hydrogens (tertiary/aromatic N) is 3. The second kappa shape index (κ2) is 6.75. The van der Waals surface area contributed by atoms with Crippen molar-refractivity contribution in [2.24, 2.45) is 0 Å². The Hall–Kier alpha value is -2.46. The highest BCUT2D eigenvalue weighted by atomic mass is 35.5. The molecule has 0 aliphatic heterocycles. The summed E-state index contributed by atoms with van der Waals surface area (Å²) in [4.78, 5) is 23.2. The molecule has 23 heavy (non-hydrogen) atoms. The maximum Gasteiger partial charge on any atom is 0.274 e. The van der Waals surface area contributed by atoms with Gasteiger partial charge in [-0.3, -0.25) is 9.78 Å². The molecule has 0 bridgehead atoms. The van der Waals surface area contributed by atoms with Crippen LogP contribution in [0.15, 0.2) is 54.7 Å². The lowest BCUT2D eigenvalue weighted by Gasteiger charge is -2.20. The number of halogens is 1. The SMILES string of the molecule is CCN(Cc1cccc(Cl)c1)C(=O)c1cnc2ccccc2n1. The molecule has 0 N–H and O–H groups in total. The van der Waals surface area contributed by atoms with E-state index in [1.54, 1.807) is 4.90 Å². The first-order valence-corrected chi connectivity index (χ1v) is 7.80. The fraction of sp³-hybridized carbons (Fsp3) is 0.167. The summed E-state index contributed by atoms with van der Waals surface area (Å²) in [6.45, 7) is 3.02. The van der Waals surface area contributed by atoms with Crippen LogP contribution in [0.2, 0.25) is 5.02 Å². The lowest BCUT2D eigenvalue weighted by atomic mass is 10.2. The molecule has 2 aromatic carbocycles. The molecule has 0 atom stereocenters. The van der Waals surface area contributed by atoms with E-state index in [1.165, 1.54) is 6.20 Å². The first-order chi connectivity index (χ1) is 11.2. The van der Waals surface area contributed by atoms with Crippen molar-refractivity contribution < 1.29 is 4.79 Å². The van der Waals surface area contributed by atoms with E-state index in [-0.39, 0.29) is 5.91 Å². The molecule has 0 aliphatic rings. The fourth-order valence-electron chi connectivity index (χ4n) is 2.41. The molecule has 0 aliphatic carbocycles. The Labute approximate surface area is 139 Å². The first-order valence-electron chi connectivity index (χ1n) is 7.43. The van der Waals surface area contributed by atoms with Crippen LogP contribution in [0.4, 0.5) is 0 Å². The number of hydrogen-bond acceptors (Lipinski definition) is 3. The molecule has 0 radical (unpaired) electrons. The van der Waals surface area contributed by atoms with Crippen molar-refractivity contribution in [2.75, 3.05) is 6.54 Å².